The van der Waals surface area contributed by atoms with Crippen LogP contribution in [0.4, 0.5) is 5.95 Å². The first-order chi connectivity index (χ1) is 13.6. The smallest absolute Gasteiger partial charge is 0.222 e. The number of amides is 1. The van der Waals surface area contributed by atoms with Crippen LogP contribution in [0.2, 0.25) is 5.02 Å². The van der Waals surface area contributed by atoms with Gasteiger partial charge in [-0.1, -0.05) is 29.8 Å². The standard InChI is InChI=1S/C19H20ClN7O/c1-19(15-5-2-3-6-16(15)27-23-8-9-24-27)17(7-4-10-26(19)13-28)25-18-21-11-14(20)12-22-18/h2-3,5-6,8-9,11-13,17H,4,7,10H2,1H3,(H,21,22,25)/t17-,19+/m1/s1. The highest BCUT2D eigenvalue weighted by atomic mass is 35.5. The maximum Gasteiger partial charge on any atom is 0.222 e. The highest BCUT2D eigenvalue weighted by Crippen LogP contribution is 2.40. The fourth-order valence-corrected chi connectivity index (χ4v) is 3.95. The zero-order valence-corrected chi connectivity index (χ0v) is 16.1. The molecule has 0 spiro atoms. The molecule has 0 saturated carbocycles. The topological polar surface area (TPSA) is 88.8 Å². The Bertz CT molecular complexity index is 947. The fourth-order valence-electron chi connectivity index (χ4n) is 3.86. The summed E-state index contributed by atoms with van der Waals surface area (Å²) >= 11 is 5.91. The van der Waals surface area contributed by atoms with Crippen LogP contribution in [-0.4, -0.2) is 48.9 Å². The second-order valence-corrected chi connectivity index (χ2v) is 7.28. The summed E-state index contributed by atoms with van der Waals surface area (Å²) in [6, 6.07) is 7.75. The van der Waals surface area contributed by atoms with Crippen molar-refractivity contribution in [3.63, 3.8) is 0 Å². The van der Waals surface area contributed by atoms with E-state index >= 15 is 0 Å². The van der Waals surface area contributed by atoms with E-state index in [-0.39, 0.29) is 6.04 Å². The molecule has 2 atom stereocenters. The second-order valence-electron chi connectivity index (χ2n) is 6.85. The van der Waals surface area contributed by atoms with Gasteiger partial charge in [0.15, 0.2) is 0 Å². The SMILES string of the molecule is C[C@]1(c2ccccc2-n2nccn2)[C@H](Nc2ncc(Cl)cn2)CCCN1C=O. The summed E-state index contributed by atoms with van der Waals surface area (Å²) in [7, 11) is 0. The molecule has 1 fully saturated rings. The van der Waals surface area contributed by atoms with Crippen LogP contribution >= 0.6 is 11.6 Å². The molecule has 0 aliphatic carbocycles. The molecule has 9 heteroatoms. The van der Waals surface area contributed by atoms with Gasteiger partial charge in [-0.2, -0.15) is 15.0 Å². The van der Waals surface area contributed by atoms with Crippen LogP contribution < -0.4 is 5.32 Å². The minimum absolute atomic E-state index is 0.107. The minimum atomic E-state index is -0.646. The lowest BCUT2D eigenvalue weighted by Gasteiger charge is -2.49. The van der Waals surface area contributed by atoms with Crippen molar-refractivity contribution in [2.24, 2.45) is 0 Å². The highest BCUT2D eigenvalue weighted by molar-refractivity contribution is 6.30. The molecule has 1 aliphatic heterocycles. The Hall–Kier alpha value is -3.00. The van der Waals surface area contributed by atoms with Crippen LogP contribution in [0, 0.1) is 0 Å². The molecule has 1 aliphatic rings. The van der Waals surface area contributed by atoms with E-state index in [0.29, 0.717) is 17.5 Å². The molecule has 3 aromatic rings. The van der Waals surface area contributed by atoms with Crippen LogP contribution in [0.5, 0.6) is 0 Å². The molecule has 144 valence electrons. The molecule has 2 aromatic heterocycles. The molecule has 0 unspecified atom stereocenters. The molecule has 1 saturated heterocycles. The van der Waals surface area contributed by atoms with Gasteiger partial charge in [-0.3, -0.25) is 4.79 Å². The van der Waals surface area contributed by atoms with Crippen molar-refractivity contribution in [3.05, 3.63) is 59.6 Å². The van der Waals surface area contributed by atoms with E-state index in [0.717, 1.165) is 30.5 Å². The van der Waals surface area contributed by atoms with Crippen molar-refractivity contribution in [1.82, 2.24) is 29.9 Å². The van der Waals surface area contributed by atoms with Gasteiger partial charge in [0.25, 0.3) is 0 Å². The van der Waals surface area contributed by atoms with Crippen molar-refractivity contribution < 1.29 is 4.79 Å². The van der Waals surface area contributed by atoms with Crippen LogP contribution in [-0.2, 0) is 10.3 Å². The zero-order valence-electron chi connectivity index (χ0n) is 15.4. The van der Waals surface area contributed by atoms with Gasteiger partial charge in [0.1, 0.15) is 0 Å². The third-order valence-electron chi connectivity index (χ3n) is 5.30. The van der Waals surface area contributed by atoms with Crippen LogP contribution in [0.15, 0.2) is 49.1 Å². The Morgan fingerprint density at radius 2 is 1.93 bits per heavy atom. The molecule has 28 heavy (non-hydrogen) atoms. The first-order valence-corrected chi connectivity index (χ1v) is 9.43. The Balaban J connectivity index is 1.79. The van der Waals surface area contributed by atoms with Crippen molar-refractivity contribution in [3.8, 4) is 5.69 Å². The van der Waals surface area contributed by atoms with Crippen LogP contribution in [0.25, 0.3) is 5.69 Å². The highest BCUT2D eigenvalue weighted by Gasteiger charge is 2.45. The van der Waals surface area contributed by atoms with Gasteiger partial charge in [-0.15, -0.1) is 0 Å². The van der Waals surface area contributed by atoms with Gasteiger partial charge < -0.3 is 10.2 Å². The van der Waals surface area contributed by atoms with E-state index in [9.17, 15) is 4.79 Å². The molecule has 4 rings (SSSR count). The Morgan fingerprint density at radius 1 is 1.21 bits per heavy atom. The van der Waals surface area contributed by atoms with Gasteiger partial charge in [0, 0.05) is 12.1 Å². The number of likely N-dealkylation sites (tertiary alicyclic amines) is 1. The third-order valence-corrected chi connectivity index (χ3v) is 5.50. The lowest BCUT2D eigenvalue weighted by atomic mass is 9.77. The van der Waals surface area contributed by atoms with Crippen molar-refractivity contribution in [2.75, 3.05) is 11.9 Å². The first kappa shape index (κ1) is 18.4. The van der Waals surface area contributed by atoms with Gasteiger partial charge >= 0.3 is 0 Å². The van der Waals surface area contributed by atoms with Crippen molar-refractivity contribution in [1.29, 1.82) is 0 Å². The fraction of sp³-hybridized carbons (Fsp3) is 0.316. The summed E-state index contributed by atoms with van der Waals surface area (Å²) in [5.41, 5.74) is 1.13. The number of hydrogen-bond acceptors (Lipinski definition) is 6. The molecule has 3 heterocycles. The van der Waals surface area contributed by atoms with Crippen molar-refractivity contribution >= 4 is 24.0 Å². The summed E-state index contributed by atoms with van der Waals surface area (Å²) in [6.45, 7) is 2.72. The number of para-hydroxylation sites is 1. The number of rotatable bonds is 5. The quantitative estimate of drug-likeness (QED) is 0.666. The van der Waals surface area contributed by atoms with Gasteiger partial charge in [-0.05, 0) is 25.8 Å². The molecule has 0 bridgehead atoms. The number of nitrogens with zero attached hydrogens (tertiary/aromatic N) is 6. The normalized spacial score (nSPS) is 22.1. The summed E-state index contributed by atoms with van der Waals surface area (Å²) in [5, 5.41) is 12.4. The van der Waals surface area contributed by atoms with Crippen LogP contribution in [0.3, 0.4) is 0 Å². The lowest BCUT2D eigenvalue weighted by Crippen LogP contribution is -2.58. The number of halogens is 1. The predicted molar refractivity (Wildman–Crippen MR) is 105 cm³/mol. The Kier molecular flexibility index (Phi) is 4.95. The molecule has 1 aromatic carbocycles. The van der Waals surface area contributed by atoms with Gasteiger partial charge in [0.2, 0.25) is 12.4 Å². The monoisotopic (exact) mass is 397 g/mol. The molecule has 1 N–H and O–H groups in total. The Morgan fingerprint density at radius 3 is 2.64 bits per heavy atom. The second kappa shape index (κ2) is 7.55. The molecular weight excluding hydrogens is 378 g/mol. The zero-order chi connectivity index (χ0) is 19.6. The van der Waals surface area contributed by atoms with E-state index in [1.165, 1.54) is 0 Å². The van der Waals surface area contributed by atoms with Crippen LogP contribution in [0.1, 0.15) is 25.3 Å². The number of nitrogens with one attached hydrogen (secondary N) is 1. The summed E-state index contributed by atoms with van der Waals surface area (Å²) in [4.78, 5) is 23.9. The number of carbonyl (C=O) groups is 1. The predicted octanol–water partition coefficient (Wildman–Crippen LogP) is 2.66. The van der Waals surface area contributed by atoms with E-state index in [1.807, 2.05) is 29.2 Å². The lowest BCUT2D eigenvalue weighted by molar-refractivity contribution is -0.126. The molecule has 1 amide bonds. The minimum Gasteiger partial charge on any atom is -0.349 e. The number of benzene rings is 1. The summed E-state index contributed by atoms with van der Waals surface area (Å²) in [5.74, 6) is 0.475. The van der Waals surface area contributed by atoms with E-state index in [4.69, 9.17) is 11.6 Å². The average Bonchev–Trinajstić information content (AvgIpc) is 3.26. The maximum atomic E-state index is 12.0. The van der Waals surface area contributed by atoms with E-state index in [2.05, 4.69) is 32.4 Å². The number of hydrogen-bond donors (Lipinski definition) is 1. The van der Waals surface area contributed by atoms with E-state index in [1.54, 1.807) is 29.6 Å². The number of anilines is 1. The summed E-state index contributed by atoms with van der Waals surface area (Å²) < 4.78 is 0. The molecule has 8 nitrogen and oxygen atoms in total. The molecule has 0 radical (unpaired) electrons. The van der Waals surface area contributed by atoms with Crippen molar-refractivity contribution in [2.45, 2.75) is 31.3 Å². The van der Waals surface area contributed by atoms with Gasteiger partial charge in [-0.25, -0.2) is 9.97 Å². The number of aromatic nitrogens is 5. The van der Waals surface area contributed by atoms with E-state index < -0.39 is 5.54 Å². The first-order valence-electron chi connectivity index (χ1n) is 9.05. The summed E-state index contributed by atoms with van der Waals surface area (Å²) in [6.07, 6.45) is 9.01. The Labute approximate surface area is 167 Å². The average molecular weight is 398 g/mol. The number of piperidine rings is 1. The maximum absolute atomic E-state index is 12.0. The molecular formula is C19H20ClN7O. The largest absolute Gasteiger partial charge is 0.349 e. The number of carbonyl (C=O) groups excluding carboxylic acids is 1. The third kappa shape index (κ3) is 3.20. The van der Waals surface area contributed by atoms with Gasteiger partial charge in [0.05, 0.1) is 47.1 Å².